The van der Waals surface area contributed by atoms with Gasteiger partial charge in [0.15, 0.2) is 17.3 Å². The standard InChI is InChI=1S/C24H24N4O6S2/c1-4-32-20-14-16(9-10-19(20)34-12-11-33-18-8-6-5-7-15(18)2)13-17-21(25)28-23(26-22(17)29)35-24(27-28)36(3,30)31/h5-10,13-14,25H,4,11-12H2,1-3H3/b17-13+,25-21?. The summed E-state index contributed by atoms with van der Waals surface area (Å²) in [5.41, 5.74) is 1.59. The molecule has 0 spiro atoms. The third-order valence-electron chi connectivity index (χ3n) is 5.02. The Kier molecular flexibility index (Phi) is 7.45. The minimum Gasteiger partial charge on any atom is -0.490 e. The predicted octanol–water partition coefficient (Wildman–Crippen LogP) is 3.47. The van der Waals surface area contributed by atoms with Crippen molar-refractivity contribution in [3.05, 3.63) is 59.2 Å². The van der Waals surface area contributed by atoms with Crippen molar-refractivity contribution in [3.8, 4) is 17.2 Å². The average molecular weight is 529 g/mol. The number of hydrogen-bond donors (Lipinski definition) is 1. The van der Waals surface area contributed by atoms with Crippen molar-refractivity contribution < 1.29 is 27.4 Å². The third kappa shape index (κ3) is 5.60. The molecule has 0 aliphatic carbocycles. The number of carbonyl (C=O) groups is 1. The molecule has 2 aliphatic rings. The number of amides is 1. The molecule has 36 heavy (non-hydrogen) atoms. The van der Waals surface area contributed by atoms with Crippen molar-refractivity contribution in [3.63, 3.8) is 0 Å². The molecule has 2 aromatic rings. The maximum absolute atomic E-state index is 12.6. The fraction of sp³-hybridized carbons (Fsp3) is 0.250. The summed E-state index contributed by atoms with van der Waals surface area (Å²) in [7, 11) is -3.60. The number of benzene rings is 2. The number of amidine groups is 2. The molecule has 1 N–H and O–H groups in total. The van der Waals surface area contributed by atoms with Crippen LogP contribution in [0.2, 0.25) is 0 Å². The van der Waals surface area contributed by atoms with Crippen LogP contribution in [0.15, 0.2) is 58.1 Å². The number of nitrogens with zero attached hydrogens (tertiary/aromatic N) is 3. The molecule has 0 fully saturated rings. The Hall–Kier alpha value is -3.64. The summed E-state index contributed by atoms with van der Waals surface area (Å²) in [6, 6.07) is 12.8. The van der Waals surface area contributed by atoms with Crippen LogP contribution in [0.1, 0.15) is 18.1 Å². The third-order valence-corrected chi connectivity index (χ3v) is 7.60. The first-order valence-electron chi connectivity index (χ1n) is 11.0. The van der Waals surface area contributed by atoms with Gasteiger partial charge in [0, 0.05) is 6.26 Å². The topological polar surface area (TPSA) is 131 Å². The monoisotopic (exact) mass is 528 g/mol. The lowest BCUT2D eigenvalue weighted by Gasteiger charge is -2.20. The van der Waals surface area contributed by atoms with Crippen LogP contribution in [0.3, 0.4) is 0 Å². The molecule has 0 unspecified atom stereocenters. The number of hydrogen-bond acceptors (Lipinski definition) is 9. The van der Waals surface area contributed by atoms with Gasteiger partial charge in [0.25, 0.3) is 5.91 Å². The van der Waals surface area contributed by atoms with Crippen LogP contribution in [0, 0.1) is 12.3 Å². The number of aryl methyl sites for hydroxylation is 1. The van der Waals surface area contributed by atoms with E-state index in [-0.39, 0.29) is 21.0 Å². The largest absolute Gasteiger partial charge is 0.490 e. The lowest BCUT2D eigenvalue weighted by molar-refractivity contribution is -0.114. The highest BCUT2D eigenvalue weighted by Crippen LogP contribution is 2.32. The number of aliphatic imine (C=N–C) groups is 1. The molecule has 0 saturated carbocycles. The maximum atomic E-state index is 12.6. The summed E-state index contributed by atoms with van der Waals surface area (Å²) in [6.07, 6.45) is 2.49. The number of thioether (sulfide) groups is 1. The second-order valence-electron chi connectivity index (χ2n) is 7.76. The number of rotatable bonds is 8. The Morgan fingerprint density at radius 1 is 1.06 bits per heavy atom. The summed E-state index contributed by atoms with van der Waals surface area (Å²) in [6.45, 7) is 4.85. The van der Waals surface area contributed by atoms with E-state index in [1.54, 1.807) is 18.2 Å². The SMILES string of the molecule is CCOc1cc(/C=C2\C(=N)N3N=C(S(C)(=O)=O)SC3=NC2=O)ccc1OCCOc1ccccc1C. The second kappa shape index (κ2) is 10.5. The molecule has 2 heterocycles. The van der Waals surface area contributed by atoms with Crippen LogP contribution in [0.5, 0.6) is 17.2 Å². The first-order valence-corrected chi connectivity index (χ1v) is 13.7. The summed E-state index contributed by atoms with van der Waals surface area (Å²) < 4.78 is 40.7. The van der Waals surface area contributed by atoms with Crippen LogP contribution >= 0.6 is 11.8 Å². The van der Waals surface area contributed by atoms with E-state index in [0.717, 1.165) is 34.3 Å². The van der Waals surface area contributed by atoms with E-state index >= 15 is 0 Å². The lowest BCUT2D eigenvalue weighted by atomic mass is 10.1. The van der Waals surface area contributed by atoms with Gasteiger partial charge in [-0.3, -0.25) is 10.2 Å². The van der Waals surface area contributed by atoms with Crippen LogP contribution in [0.4, 0.5) is 0 Å². The number of sulfone groups is 1. The van der Waals surface area contributed by atoms with Crippen LogP contribution < -0.4 is 14.2 Å². The van der Waals surface area contributed by atoms with E-state index in [2.05, 4.69) is 10.1 Å². The van der Waals surface area contributed by atoms with Gasteiger partial charge in [-0.2, -0.15) is 10.0 Å². The van der Waals surface area contributed by atoms with Crippen molar-refractivity contribution in [2.75, 3.05) is 26.1 Å². The average Bonchev–Trinajstić information content (AvgIpc) is 3.27. The Bertz CT molecular complexity index is 1420. The number of carbonyl (C=O) groups excluding carboxylic acids is 1. The van der Waals surface area contributed by atoms with Gasteiger partial charge in [-0.1, -0.05) is 24.3 Å². The fourth-order valence-corrected chi connectivity index (χ4v) is 5.00. The molecular weight excluding hydrogens is 504 g/mol. The molecule has 4 rings (SSSR count). The Morgan fingerprint density at radius 3 is 2.47 bits per heavy atom. The van der Waals surface area contributed by atoms with Gasteiger partial charge in [0.2, 0.25) is 19.4 Å². The van der Waals surface area contributed by atoms with E-state index in [9.17, 15) is 13.2 Å². The number of para-hydroxylation sites is 1. The van der Waals surface area contributed by atoms with Gasteiger partial charge in [0.1, 0.15) is 19.0 Å². The zero-order chi connectivity index (χ0) is 25.9. The molecule has 0 atom stereocenters. The molecule has 0 radical (unpaired) electrons. The molecular formula is C24H24N4O6S2. The van der Waals surface area contributed by atoms with Crippen molar-refractivity contribution in [1.82, 2.24) is 5.01 Å². The van der Waals surface area contributed by atoms with Crippen molar-refractivity contribution in [2.24, 2.45) is 10.1 Å². The second-order valence-corrected chi connectivity index (χ2v) is 10.9. The van der Waals surface area contributed by atoms with E-state index < -0.39 is 15.7 Å². The zero-order valence-electron chi connectivity index (χ0n) is 19.8. The number of hydrazone groups is 1. The van der Waals surface area contributed by atoms with Crippen LogP contribution in [-0.4, -0.2) is 60.8 Å². The summed E-state index contributed by atoms with van der Waals surface area (Å²) >= 11 is 0.739. The molecule has 1 amide bonds. The maximum Gasteiger partial charge on any atom is 0.283 e. The zero-order valence-corrected chi connectivity index (χ0v) is 21.5. The first kappa shape index (κ1) is 25.5. The molecule has 0 saturated heterocycles. The van der Waals surface area contributed by atoms with Gasteiger partial charge in [0.05, 0.1) is 12.2 Å². The van der Waals surface area contributed by atoms with Gasteiger partial charge in [-0.05, 0) is 61.0 Å². The molecule has 188 valence electrons. The first-order chi connectivity index (χ1) is 17.2. The highest BCUT2D eigenvalue weighted by molar-refractivity contribution is 8.42. The highest BCUT2D eigenvalue weighted by Gasteiger charge is 2.38. The van der Waals surface area contributed by atoms with Gasteiger partial charge < -0.3 is 14.2 Å². The summed E-state index contributed by atoms with van der Waals surface area (Å²) in [4.78, 5) is 16.5. The number of fused-ring (bicyclic) bond motifs is 1. The molecule has 2 aromatic carbocycles. The molecule has 0 bridgehead atoms. The van der Waals surface area contributed by atoms with E-state index in [4.69, 9.17) is 19.6 Å². The fourth-order valence-electron chi connectivity index (χ4n) is 3.31. The van der Waals surface area contributed by atoms with Crippen molar-refractivity contribution in [1.29, 1.82) is 5.41 Å². The Balaban J connectivity index is 1.50. The predicted molar refractivity (Wildman–Crippen MR) is 140 cm³/mol. The van der Waals surface area contributed by atoms with Gasteiger partial charge in [-0.25, -0.2) is 8.42 Å². The summed E-state index contributed by atoms with van der Waals surface area (Å²) in [5, 5.41) is 13.4. The van der Waals surface area contributed by atoms with Gasteiger partial charge >= 0.3 is 0 Å². The van der Waals surface area contributed by atoms with E-state index in [1.165, 1.54) is 6.08 Å². The van der Waals surface area contributed by atoms with Crippen molar-refractivity contribution in [2.45, 2.75) is 13.8 Å². The molecule has 10 nitrogen and oxygen atoms in total. The Labute approximate surface area is 213 Å². The smallest absolute Gasteiger partial charge is 0.283 e. The van der Waals surface area contributed by atoms with Crippen LogP contribution in [-0.2, 0) is 14.6 Å². The minimum absolute atomic E-state index is 0.0272. The molecule has 2 aliphatic heterocycles. The Morgan fingerprint density at radius 2 is 1.78 bits per heavy atom. The number of nitrogens with one attached hydrogen (secondary N) is 1. The summed E-state index contributed by atoms with van der Waals surface area (Å²) in [5.74, 6) is 0.855. The normalized spacial score (nSPS) is 16.5. The highest BCUT2D eigenvalue weighted by atomic mass is 32.3. The number of ether oxygens (including phenoxy) is 3. The van der Waals surface area contributed by atoms with Gasteiger partial charge in [-0.15, -0.1) is 5.10 Å². The lowest BCUT2D eigenvalue weighted by Crippen LogP contribution is -2.35. The molecule has 12 heteroatoms. The van der Waals surface area contributed by atoms with E-state index in [1.807, 2.05) is 38.1 Å². The molecule has 0 aromatic heterocycles. The van der Waals surface area contributed by atoms with E-state index in [0.29, 0.717) is 36.9 Å². The minimum atomic E-state index is -3.60. The quantitative estimate of drug-likeness (QED) is 0.407. The van der Waals surface area contributed by atoms with Crippen molar-refractivity contribution >= 4 is 49.0 Å². The van der Waals surface area contributed by atoms with Crippen LogP contribution in [0.25, 0.3) is 6.08 Å².